The van der Waals surface area contributed by atoms with Crippen LogP contribution in [0.5, 0.6) is 0 Å². The minimum atomic E-state index is -0.407. The maximum atomic E-state index is 12.5. The first-order chi connectivity index (χ1) is 15.0. The highest BCUT2D eigenvalue weighted by molar-refractivity contribution is 8.00. The number of thiocarbonyl (C=S) groups is 1. The molecule has 3 aliphatic rings. The fourth-order valence-corrected chi connectivity index (χ4v) is 4.82. The Bertz CT molecular complexity index is 812. The fourth-order valence-electron chi connectivity index (χ4n) is 3.74. The summed E-state index contributed by atoms with van der Waals surface area (Å²) in [6, 6.07) is 3.77. The van der Waals surface area contributed by atoms with Gasteiger partial charge in [0, 0.05) is 38.5 Å². The highest BCUT2D eigenvalue weighted by Crippen LogP contribution is 2.24. The number of methoxy groups -OCH3 is 1. The van der Waals surface area contributed by atoms with Gasteiger partial charge in [-0.25, -0.2) is 9.78 Å². The van der Waals surface area contributed by atoms with Gasteiger partial charge < -0.3 is 24.6 Å². The number of rotatable bonds is 5. The Balaban J connectivity index is 1.29. The number of hydrogen-bond acceptors (Lipinski definition) is 9. The average molecular weight is 467 g/mol. The molecule has 1 aromatic rings. The van der Waals surface area contributed by atoms with Gasteiger partial charge in [-0.15, -0.1) is 11.8 Å². The molecular formula is C19H26N6O4S2. The van der Waals surface area contributed by atoms with Crippen molar-refractivity contribution in [2.75, 3.05) is 68.5 Å². The van der Waals surface area contributed by atoms with Crippen molar-refractivity contribution in [1.29, 1.82) is 0 Å². The second-order valence-electron chi connectivity index (χ2n) is 7.38. The molecular weight excluding hydrogens is 440 g/mol. The molecule has 31 heavy (non-hydrogen) atoms. The van der Waals surface area contributed by atoms with Crippen LogP contribution in [-0.2, 0) is 14.3 Å². The van der Waals surface area contributed by atoms with Gasteiger partial charge in [-0.1, -0.05) is 0 Å². The molecule has 0 radical (unpaired) electrons. The zero-order valence-electron chi connectivity index (χ0n) is 17.3. The summed E-state index contributed by atoms with van der Waals surface area (Å²) in [7, 11) is 1.49. The molecule has 3 saturated heterocycles. The summed E-state index contributed by atoms with van der Waals surface area (Å²) in [6.07, 6.45) is 0.955. The summed E-state index contributed by atoms with van der Waals surface area (Å²) in [5.74, 6) is 1.99. The maximum absolute atomic E-state index is 12.5. The zero-order chi connectivity index (χ0) is 21.8. The van der Waals surface area contributed by atoms with Crippen molar-refractivity contribution < 1.29 is 19.1 Å². The predicted octanol–water partition coefficient (Wildman–Crippen LogP) is 0.239. The Labute approximate surface area is 190 Å². The summed E-state index contributed by atoms with van der Waals surface area (Å²) < 4.78 is 10.3. The van der Waals surface area contributed by atoms with Crippen LogP contribution < -0.4 is 20.4 Å². The number of amides is 2. The number of pyridine rings is 1. The smallest absolute Gasteiger partial charge is 0.414 e. The van der Waals surface area contributed by atoms with E-state index < -0.39 is 6.09 Å². The molecule has 2 atom stereocenters. The van der Waals surface area contributed by atoms with Gasteiger partial charge in [0.2, 0.25) is 5.91 Å². The van der Waals surface area contributed by atoms with Gasteiger partial charge >= 0.3 is 6.09 Å². The number of cyclic esters (lactones) is 1. The molecule has 0 aliphatic carbocycles. The van der Waals surface area contributed by atoms with Crippen LogP contribution in [0.3, 0.4) is 0 Å². The summed E-state index contributed by atoms with van der Waals surface area (Å²) in [5, 5.41) is 6.30. The lowest BCUT2D eigenvalue weighted by molar-refractivity contribution is -0.131. The van der Waals surface area contributed by atoms with E-state index in [4.69, 9.17) is 21.7 Å². The van der Waals surface area contributed by atoms with Gasteiger partial charge in [0.05, 0.1) is 32.1 Å². The Morgan fingerprint density at radius 1 is 1.39 bits per heavy atom. The van der Waals surface area contributed by atoms with Crippen LogP contribution in [0, 0.1) is 0 Å². The first-order valence-corrected chi connectivity index (χ1v) is 11.7. The minimum absolute atomic E-state index is 0.103. The molecule has 3 aliphatic heterocycles. The Kier molecular flexibility index (Phi) is 6.98. The van der Waals surface area contributed by atoms with Crippen molar-refractivity contribution in [3.8, 4) is 0 Å². The fraction of sp³-hybridized carbons (Fsp3) is 0.579. The first kappa shape index (κ1) is 21.9. The standard InChI is InChI=1S/C19H26N6O4S2/c1-28-18(30)22-11-14-12-25(19(27)29-14)13-2-3-15(21-10-13)23-5-7-24(8-6-23)17(26)16-20-4-9-31-16/h2-3,10,14,16,20H,4-9,11-12H2,1H3,(H,22,30)/t14-,16?/m0/s1. The molecule has 10 nitrogen and oxygen atoms in total. The lowest BCUT2D eigenvalue weighted by Gasteiger charge is -2.36. The van der Waals surface area contributed by atoms with Crippen molar-refractivity contribution in [3.05, 3.63) is 18.3 Å². The second kappa shape index (κ2) is 9.88. The van der Waals surface area contributed by atoms with Gasteiger partial charge in [0.1, 0.15) is 17.3 Å². The molecule has 0 bridgehead atoms. The zero-order valence-corrected chi connectivity index (χ0v) is 18.9. The van der Waals surface area contributed by atoms with Crippen molar-refractivity contribution in [2.24, 2.45) is 0 Å². The van der Waals surface area contributed by atoms with Crippen LogP contribution >= 0.6 is 24.0 Å². The van der Waals surface area contributed by atoms with Crippen LogP contribution in [0.25, 0.3) is 0 Å². The number of nitrogens with zero attached hydrogens (tertiary/aromatic N) is 4. The number of carbonyl (C=O) groups is 2. The molecule has 4 heterocycles. The number of ether oxygens (including phenoxy) is 2. The summed E-state index contributed by atoms with van der Waals surface area (Å²) in [6.45, 7) is 4.50. The lowest BCUT2D eigenvalue weighted by Crippen LogP contribution is -2.52. The van der Waals surface area contributed by atoms with Crippen molar-refractivity contribution in [1.82, 2.24) is 20.5 Å². The normalized spacial score (nSPS) is 23.6. The van der Waals surface area contributed by atoms with Crippen LogP contribution in [0.15, 0.2) is 18.3 Å². The van der Waals surface area contributed by atoms with E-state index in [2.05, 4.69) is 20.5 Å². The molecule has 1 unspecified atom stereocenters. The Morgan fingerprint density at radius 3 is 2.84 bits per heavy atom. The van der Waals surface area contributed by atoms with Crippen molar-refractivity contribution in [3.63, 3.8) is 0 Å². The highest BCUT2D eigenvalue weighted by Gasteiger charge is 2.33. The molecule has 12 heteroatoms. The molecule has 2 N–H and O–H groups in total. The molecule has 2 amide bonds. The van der Waals surface area contributed by atoms with E-state index in [1.807, 2.05) is 17.0 Å². The van der Waals surface area contributed by atoms with Crippen LogP contribution in [-0.4, -0.2) is 97.2 Å². The molecule has 1 aromatic heterocycles. The van der Waals surface area contributed by atoms with E-state index in [1.54, 1.807) is 22.9 Å². The number of aromatic nitrogens is 1. The largest absolute Gasteiger partial charge is 0.474 e. The third-order valence-electron chi connectivity index (χ3n) is 5.43. The second-order valence-corrected chi connectivity index (χ2v) is 8.96. The van der Waals surface area contributed by atoms with E-state index in [9.17, 15) is 9.59 Å². The van der Waals surface area contributed by atoms with Crippen LogP contribution in [0.1, 0.15) is 0 Å². The maximum Gasteiger partial charge on any atom is 0.414 e. The van der Waals surface area contributed by atoms with Crippen LogP contribution in [0.2, 0.25) is 0 Å². The summed E-state index contributed by atoms with van der Waals surface area (Å²) >= 11 is 6.61. The average Bonchev–Trinajstić information content (AvgIpc) is 3.47. The van der Waals surface area contributed by atoms with E-state index in [1.165, 1.54) is 7.11 Å². The van der Waals surface area contributed by atoms with Gasteiger partial charge in [-0.3, -0.25) is 15.0 Å². The number of nitrogens with one attached hydrogen (secondary N) is 2. The number of anilines is 2. The molecule has 0 spiro atoms. The summed E-state index contributed by atoms with van der Waals surface area (Å²) in [4.78, 5) is 34.9. The minimum Gasteiger partial charge on any atom is -0.474 e. The van der Waals surface area contributed by atoms with E-state index in [-0.39, 0.29) is 22.6 Å². The third-order valence-corrected chi connectivity index (χ3v) is 6.89. The van der Waals surface area contributed by atoms with Crippen LogP contribution in [0.4, 0.5) is 16.3 Å². The monoisotopic (exact) mass is 466 g/mol. The number of piperazine rings is 1. The molecule has 4 rings (SSSR count). The van der Waals surface area contributed by atoms with Gasteiger partial charge in [0.25, 0.3) is 5.17 Å². The van der Waals surface area contributed by atoms with Gasteiger partial charge in [-0.2, -0.15) is 0 Å². The predicted molar refractivity (Wildman–Crippen MR) is 123 cm³/mol. The first-order valence-electron chi connectivity index (χ1n) is 10.2. The SMILES string of the molecule is COC(=S)NC[C@H]1CN(c2ccc(N3CCN(C(=O)C4NCCS4)CC3)nc2)C(=O)O1. The Hall–Kier alpha value is -2.31. The number of carbonyl (C=O) groups excluding carboxylic acids is 2. The number of thioether (sulfide) groups is 1. The third kappa shape index (κ3) is 5.13. The van der Waals surface area contributed by atoms with Crippen molar-refractivity contribution >= 4 is 52.7 Å². The summed E-state index contributed by atoms with van der Waals surface area (Å²) in [5.41, 5.74) is 0.684. The van der Waals surface area contributed by atoms with Crippen molar-refractivity contribution in [2.45, 2.75) is 11.5 Å². The highest BCUT2D eigenvalue weighted by atomic mass is 32.2. The number of hydrogen-bond donors (Lipinski definition) is 2. The topological polar surface area (TPSA) is 99.3 Å². The van der Waals surface area contributed by atoms with E-state index >= 15 is 0 Å². The van der Waals surface area contributed by atoms with E-state index in [0.29, 0.717) is 31.9 Å². The van der Waals surface area contributed by atoms with Gasteiger partial charge in [0.15, 0.2) is 0 Å². The molecule has 0 saturated carbocycles. The molecule has 168 valence electrons. The molecule has 3 fully saturated rings. The van der Waals surface area contributed by atoms with E-state index in [0.717, 1.165) is 31.2 Å². The lowest BCUT2D eigenvalue weighted by atomic mass is 10.2. The quantitative estimate of drug-likeness (QED) is 0.587. The van der Waals surface area contributed by atoms with Gasteiger partial charge in [-0.05, 0) is 24.4 Å². The Morgan fingerprint density at radius 2 is 2.19 bits per heavy atom. The molecule has 0 aromatic carbocycles.